The quantitative estimate of drug-likeness (QED) is 0.689. The molecule has 4 N–H and O–H groups in total. The molecule has 0 aromatic heterocycles. The van der Waals surface area contributed by atoms with Crippen molar-refractivity contribution in [2.75, 3.05) is 26.2 Å². The molecule has 0 bridgehead atoms. The fraction of sp³-hybridized carbons (Fsp3) is 0.500. The van der Waals surface area contributed by atoms with Crippen LogP contribution in [0.3, 0.4) is 0 Å². The summed E-state index contributed by atoms with van der Waals surface area (Å²) in [6.45, 7) is 2.44. The van der Waals surface area contributed by atoms with E-state index in [4.69, 9.17) is 28.9 Å². The number of hydrogen-bond donors (Lipinski definition) is 3. The number of quaternary nitrogens is 1. The van der Waals surface area contributed by atoms with Crippen LogP contribution in [0.4, 0.5) is 0 Å². The Labute approximate surface area is 146 Å². The van der Waals surface area contributed by atoms with Gasteiger partial charge in [-0.3, -0.25) is 9.59 Å². The van der Waals surface area contributed by atoms with Gasteiger partial charge in [-0.25, -0.2) is 0 Å². The van der Waals surface area contributed by atoms with Gasteiger partial charge in [0, 0.05) is 16.6 Å². The number of piperidine rings is 1. The van der Waals surface area contributed by atoms with Crippen LogP contribution < -0.4 is 16.0 Å². The SMILES string of the molecule is NC(=O)[C@@H]1CCC[NH+](CC(=O)NCCc2ccc(Cl)cc2Cl)C1. The van der Waals surface area contributed by atoms with Crippen molar-refractivity contribution in [1.82, 2.24) is 5.32 Å². The van der Waals surface area contributed by atoms with Crippen LogP contribution in [0.25, 0.3) is 0 Å². The van der Waals surface area contributed by atoms with E-state index in [9.17, 15) is 9.59 Å². The number of hydrogen-bond acceptors (Lipinski definition) is 2. The maximum atomic E-state index is 12.0. The van der Waals surface area contributed by atoms with E-state index in [1.807, 2.05) is 6.07 Å². The smallest absolute Gasteiger partial charge is 0.275 e. The Balaban J connectivity index is 1.73. The summed E-state index contributed by atoms with van der Waals surface area (Å²) in [4.78, 5) is 24.4. The highest BCUT2D eigenvalue weighted by Gasteiger charge is 2.28. The van der Waals surface area contributed by atoms with Gasteiger partial charge >= 0.3 is 0 Å². The van der Waals surface area contributed by atoms with Crippen molar-refractivity contribution in [3.63, 3.8) is 0 Å². The Kier molecular flexibility index (Phi) is 6.69. The van der Waals surface area contributed by atoms with E-state index in [0.717, 1.165) is 29.8 Å². The number of nitrogens with two attached hydrogens (primary N) is 1. The number of carbonyl (C=O) groups excluding carboxylic acids is 2. The summed E-state index contributed by atoms with van der Waals surface area (Å²) in [5.41, 5.74) is 6.31. The Morgan fingerprint density at radius 1 is 1.35 bits per heavy atom. The summed E-state index contributed by atoms with van der Waals surface area (Å²) in [7, 11) is 0. The highest BCUT2D eigenvalue weighted by Crippen LogP contribution is 2.20. The average Bonchev–Trinajstić information content (AvgIpc) is 2.49. The zero-order chi connectivity index (χ0) is 16.8. The van der Waals surface area contributed by atoms with Crippen LogP contribution in [-0.4, -0.2) is 38.0 Å². The van der Waals surface area contributed by atoms with Gasteiger partial charge in [-0.15, -0.1) is 0 Å². The average molecular weight is 359 g/mol. The lowest BCUT2D eigenvalue weighted by atomic mass is 9.97. The highest BCUT2D eigenvalue weighted by atomic mass is 35.5. The minimum absolute atomic E-state index is 0.0183. The van der Waals surface area contributed by atoms with E-state index in [1.165, 1.54) is 0 Å². The number of primary amides is 1. The van der Waals surface area contributed by atoms with Gasteiger partial charge in [-0.2, -0.15) is 0 Å². The predicted molar refractivity (Wildman–Crippen MR) is 90.7 cm³/mol. The van der Waals surface area contributed by atoms with Gasteiger partial charge in [0.2, 0.25) is 5.91 Å². The highest BCUT2D eigenvalue weighted by molar-refractivity contribution is 6.35. The van der Waals surface area contributed by atoms with Crippen molar-refractivity contribution in [2.24, 2.45) is 11.7 Å². The lowest BCUT2D eigenvalue weighted by Gasteiger charge is -2.27. The first-order chi connectivity index (χ1) is 11.0. The van der Waals surface area contributed by atoms with Crippen molar-refractivity contribution < 1.29 is 14.5 Å². The number of rotatable bonds is 6. The Morgan fingerprint density at radius 3 is 2.83 bits per heavy atom. The zero-order valence-corrected chi connectivity index (χ0v) is 14.4. The van der Waals surface area contributed by atoms with Crippen molar-refractivity contribution >= 4 is 35.0 Å². The Hall–Kier alpha value is -1.30. The molecule has 0 saturated carbocycles. The molecule has 7 heteroatoms. The van der Waals surface area contributed by atoms with E-state index in [-0.39, 0.29) is 17.7 Å². The zero-order valence-electron chi connectivity index (χ0n) is 12.9. The maximum absolute atomic E-state index is 12.0. The first-order valence-corrected chi connectivity index (χ1v) is 8.55. The molecule has 1 aromatic carbocycles. The molecule has 1 aliphatic rings. The van der Waals surface area contributed by atoms with Crippen LogP contribution in [-0.2, 0) is 16.0 Å². The number of halogens is 2. The molecular formula is C16H22Cl2N3O2+. The molecule has 23 heavy (non-hydrogen) atoms. The molecule has 1 heterocycles. The van der Waals surface area contributed by atoms with Gasteiger partial charge in [-0.1, -0.05) is 29.3 Å². The topological polar surface area (TPSA) is 76.6 Å². The molecule has 0 spiro atoms. The van der Waals surface area contributed by atoms with E-state index in [1.54, 1.807) is 12.1 Å². The molecule has 1 saturated heterocycles. The Morgan fingerprint density at radius 2 is 2.13 bits per heavy atom. The number of benzene rings is 1. The molecule has 2 atom stereocenters. The lowest BCUT2D eigenvalue weighted by molar-refractivity contribution is -0.899. The second kappa shape index (κ2) is 8.52. The third-order valence-electron chi connectivity index (χ3n) is 4.16. The van der Waals surface area contributed by atoms with Crippen LogP contribution in [0.15, 0.2) is 18.2 Å². The summed E-state index contributed by atoms with van der Waals surface area (Å²) < 4.78 is 0. The second-order valence-corrected chi connectivity index (χ2v) is 6.80. The summed E-state index contributed by atoms with van der Waals surface area (Å²) in [6, 6.07) is 5.35. The van der Waals surface area contributed by atoms with Gasteiger partial charge < -0.3 is 16.0 Å². The maximum Gasteiger partial charge on any atom is 0.275 e. The second-order valence-electron chi connectivity index (χ2n) is 5.96. The minimum atomic E-state index is -0.264. The first-order valence-electron chi connectivity index (χ1n) is 7.79. The molecular weight excluding hydrogens is 337 g/mol. The molecule has 0 radical (unpaired) electrons. The van der Waals surface area contributed by atoms with Gasteiger partial charge in [0.25, 0.3) is 5.91 Å². The molecule has 1 unspecified atom stereocenters. The third kappa shape index (κ3) is 5.68. The fourth-order valence-electron chi connectivity index (χ4n) is 2.91. The van der Waals surface area contributed by atoms with Crippen LogP contribution in [0, 0.1) is 5.92 Å². The number of amides is 2. The van der Waals surface area contributed by atoms with Crippen LogP contribution >= 0.6 is 23.2 Å². The summed E-state index contributed by atoms with van der Waals surface area (Å²) in [5.74, 6) is -0.394. The number of nitrogens with one attached hydrogen (secondary N) is 2. The molecule has 2 amide bonds. The van der Waals surface area contributed by atoms with Crippen molar-refractivity contribution in [1.29, 1.82) is 0 Å². The van der Waals surface area contributed by atoms with Crippen molar-refractivity contribution in [3.8, 4) is 0 Å². The van der Waals surface area contributed by atoms with E-state index < -0.39 is 0 Å². The molecule has 1 aromatic rings. The third-order valence-corrected chi connectivity index (χ3v) is 4.75. The van der Waals surface area contributed by atoms with E-state index in [0.29, 0.717) is 36.1 Å². The van der Waals surface area contributed by atoms with Gasteiger partial charge in [-0.05, 0) is 37.0 Å². The van der Waals surface area contributed by atoms with Crippen molar-refractivity contribution in [2.45, 2.75) is 19.3 Å². The fourth-order valence-corrected chi connectivity index (χ4v) is 3.41. The summed E-state index contributed by atoms with van der Waals surface area (Å²) in [5, 5.41) is 4.10. The summed E-state index contributed by atoms with van der Waals surface area (Å²) >= 11 is 12.0. The molecule has 2 rings (SSSR count). The molecule has 0 aliphatic carbocycles. The minimum Gasteiger partial charge on any atom is -0.369 e. The lowest BCUT2D eigenvalue weighted by Crippen LogP contribution is -3.15. The van der Waals surface area contributed by atoms with Gasteiger partial charge in [0.05, 0.1) is 19.0 Å². The van der Waals surface area contributed by atoms with Crippen LogP contribution in [0.1, 0.15) is 18.4 Å². The molecule has 126 valence electrons. The predicted octanol–water partition coefficient (Wildman–Crippen LogP) is 0.432. The molecule has 5 nitrogen and oxygen atoms in total. The van der Waals surface area contributed by atoms with Crippen LogP contribution in [0.5, 0.6) is 0 Å². The standard InChI is InChI=1S/C16H21Cl2N3O2/c17-13-4-3-11(14(18)8-13)5-6-20-15(22)10-21-7-1-2-12(9-21)16(19)23/h3-4,8,12H,1-2,5-7,9-10H2,(H2,19,23)(H,20,22)/p+1/t12-/m1/s1. The monoisotopic (exact) mass is 358 g/mol. The van der Waals surface area contributed by atoms with Crippen LogP contribution in [0.2, 0.25) is 10.0 Å². The van der Waals surface area contributed by atoms with E-state index in [2.05, 4.69) is 5.32 Å². The molecule has 1 fully saturated rings. The van der Waals surface area contributed by atoms with Gasteiger partial charge in [0.15, 0.2) is 6.54 Å². The number of likely N-dealkylation sites (tertiary alicyclic amines) is 1. The first kappa shape index (κ1) is 18.0. The summed E-state index contributed by atoms with van der Waals surface area (Å²) in [6.07, 6.45) is 2.41. The van der Waals surface area contributed by atoms with E-state index >= 15 is 0 Å². The normalized spacial score (nSPS) is 21.0. The molecule has 1 aliphatic heterocycles. The Bertz CT molecular complexity index is 580. The largest absolute Gasteiger partial charge is 0.369 e. The number of carbonyl (C=O) groups is 2. The van der Waals surface area contributed by atoms with Crippen molar-refractivity contribution in [3.05, 3.63) is 33.8 Å². The van der Waals surface area contributed by atoms with Gasteiger partial charge in [0.1, 0.15) is 0 Å².